The monoisotopic (exact) mass is 552 g/mol. The Morgan fingerprint density at radius 2 is 1.69 bits per heavy atom. The minimum absolute atomic E-state index is 0.0616. The van der Waals surface area contributed by atoms with Crippen molar-refractivity contribution < 1.29 is 23.4 Å². The standard InChI is InChI=1S/C29H27ClF2N4O3/c1-5-36-26(33-34-28(36)29(2,3)39-25-23(31)13-20(30)14-24(25)32)18-8-11-22-19(12-18)16-35(27(22)37)15-17-6-9-21(38-4)10-7-17/h6-14,16,37H,5,15H2,1-4H3. The summed E-state index contributed by atoms with van der Waals surface area (Å²) in [5.41, 5.74) is 0.558. The van der Waals surface area contributed by atoms with E-state index in [-0.39, 0.29) is 10.9 Å². The fourth-order valence-electron chi connectivity index (χ4n) is 4.63. The summed E-state index contributed by atoms with van der Waals surface area (Å²) >= 11 is 5.75. The van der Waals surface area contributed by atoms with Gasteiger partial charge in [0.2, 0.25) is 0 Å². The number of ether oxygens (including phenoxy) is 2. The number of nitrogens with zero attached hydrogens (tertiary/aromatic N) is 4. The molecule has 5 aromatic rings. The molecule has 1 N–H and O–H groups in total. The van der Waals surface area contributed by atoms with Crippen molar-refractivity contribution in [3.8, 4) is 28.8 Å². The van der Waals surface area contributed by atoms with Gasteiger partial charge in [-0.25, -0.2) is 8.78 Å². The predicted molar refractivity (Wildman–Crippen MR) is 145 cm³/mol. The third kappa shape index (κ3) is 5.02. The molecular formula is C29H27ClF2N4O3. The number of halogens is 3. The predicted octanol–water partition coefficient (Wildman–Crippen LogP) is 6.93. The van der Waals surface area contributed by atoms with Gasteiger partial charge >= 0.3 is 0 Å². The lowest BCUT2D eigenvalue weighted by Gasteiger charge is -2.26. The first-order valence-electron chi connectivity index (χ1n) is 12.3. The van der Waals surface area contributed by atoms with Crippen LogP contribution in [0.15, 0.2) is 60.8 Å². The average molecular weight is 553 g/mol. The van der Waals surface area contributed by atoms with E-state index in [0.717, 1.165) is 34.4 Å². The van der Waals surface area contributed by atoms with Crippen LogP contribution in [0.1, 0.15) is 32.2 Å². The molecule has 0 amide bonds. The van der Waals surface area contributed by atoms with E-state index in [1.165, 1.54) is 0 Å². The maximum absolute atomic E-state index is 14.4. The molecule has 7 nitrogen and oxygen atoms in total. The fourth-order valence-corrected chi connectivity index (χ4v) is 4.82. The number of rotatable bonds is 8. The second-order valence-electron chi connectivity index (χ2n) is 9.63. The van der Waals surface area contributed by atoms with Crippen LogP contribution in [0.2, 0.25) is 5.02 Å². The Kier molecular flexibility index (Phi) is 6.94. The fraction of sp³-hybridized carbons (Fsp3) is 0.241. The van der Waals surface area contributed by atoms with Gasteiger partial charge in [-0.1, -0.05) is 29.8 Å². The van der Waals surface area contributed by atoms with E-state index in [0.29, 0.717) is 30.1 Å². The lowest BCUT2D eigenvalue weighted by Crippen LogP contribution is -2.30. The first-order chi connectivity index (χ1) is 18.6. The zero-order valence-electron chi connectivity index (χ0n) is 21.9. The van der Waals surface area contributed by atoms with Gasteiger partial charge in [-0.05, 0) is 62.7 Å². The average Bonchev–Trinajstić information content (AvgIpc) is 3.48. The maximum atomic E-state index is 14.4. The number of methoxy groups -OCH3 is 1. The molecule has 0 aliphatic heterocycles. The van der Waals surface area contributed by atoms with E-state index >= 15 is 0 Å². The van der Waals surface area contributed by atoms with E-state index in [2.05, 4.69) is 10.2 Å². The van der Waals surface area contributed by atoms with Gasteiger partial charge in [0.25, 0.3) is 0 Å². The number of aromatic hydroxyl groups is 1. The van der Waals surface area contributed by atoms with Crippen LogP contribution in [-0.2, 0) is 18.7 Å². The molecule has 3 aromatic carbocycles. The van der Waals surface area contributed by atoms with Gasteiger partial charge in [-0.3, -0.25) is 0 Å². The topological polar surface area (TPSA) is 74.3 Å². The molecule has 10 heteroatoms. The molecule has 0 spiro atoms. The van der Waals surface area contributed by atoms with Crippen molar-refractivity contribution in [2.24, 2.45) is 0 Å². The Hall–Kier alpha value is -4.11. The summed E-state index contributed by atoms with van der Waals surface area (Å²) in [7, 11) is 1.62. The number of aromatic nitrogens is 4. The molecule has 0 aliphatic rings. The highest BCUT2D eigenvalue weighted by atomic mass is 35.5. The first-order valence-corrected chi connectivity index (χ1v) is 12.7. The van der Waals surface area contributed by atoms with Gasteiger partial charge in [0.05, 0.1) is 13.7 Å². The second kappa shape index (κ2) is 10.2. The molecule has 2 heterocycles. The minimum Gasteiger partial charge on any atom is -0.497 e. The highest BCUT2D eigenvalue weighted by Crippen LogP contribution is 2.35. The molecule has 0 fully saturated rings. The Morgan fingerprint density at radius 3 is 2.33 bits per heavy atom. The summed E-state index contributed by atoms with van der Waals surface area (Å²) in [6.45, 7) is 6.23. The Bertz CT molecular complexity index is 1640. The largest absolute Gasteiger partial charge is 0.497 e. The van der Waals surface area contributed by atoms with E-state index in [4.69, 9.17) is 21.1 Å². The van der Waals surface area contributed by atoms with Crippen molar-refractivity contribution >= 4 is 22.4 Å². The van der Waals surface area contributed by atoms with Crippen LogP contribution >= 0.6 is 11.6 Å². The number of hydrogen-bond acceptors (Lipinski definition) is 5. The van der Waals surface area contributed by atoms with Crippen LogP contribution in [-0.4, -0.2) is 31.5 Å². The molecule has 0 saturated carbocycles. The van der Waals surface area contributed by atoms with Gasteiger partial charge in [0.1, 0.15) is 5.75 Å². The van der Waals surface area contributed by atoms with Crippen LogP contribution in [0.25, 0.3) is 22.2 Å². The normalized spacial score (nSPS) is 11.8. The third-order valence-electron chi connectivity index (χ3n) is 6.56. The van der Waals surface area contributed by atoms with Gasteiger partial charge in [0, 0.05) is 34.1 Å². The lowest BCUT2D eigenvalue weighted by molar-refractivity contribution is 0.0827. The summed E-state index contributed by atoms with van der Waals surface area (Å²) in [4.78, 5) is 0. The Balaban J connectivity index is 1.47. The molecule has 202 valence electrons. The summed E-state index contributed by atoms with van der Waals surface area (Å²) in [5.74, 6) is -0.459. The molecule has 0 radical (unpaired) electrons. The quantitative estimate of drug-likeness (QED) is 0.226. The molecule has 0 atom stereocenters. The van der Waals surface area contributed by atoms with Gasteiger partial charge in [0.15, 0.2) is 40.5 Å². The first kappa shape index (κ1) is 26.5. The molecule has 2 aromatic heterocycles. The molecule has 0 bridgehead atoms. The SMILES string of the molecule is CCn1c(-c2ccc3c(O)n(Cc4ccc(OC)cc4)cc3c2)nnc1C(C)(C)Oc1c(F)cc(Cl)cc1F. The van der Waals surface area contributed by atoms with E-state index < -0.39 is 23.0 Å². The molecule has 0 aliphatic carbocycles. The molecule has 0 unspecified atom stereocenters. The van der Waals surface area contributed by atoms with Crippen LogP contribution in [0.5, 0.6) is 17.4 Å². The highest BCUT2D eigenvalue weighted by molar-refractivity contribution is 6.30. The van der Waals surface area contributed by atoms with Crippen molar-refractivity contribution in [1.82, 2.24) is 19.3 Å². The molecular weight excluding hydrogens is 526 g/mol. The third-order valence-corrected chi connectivity index (χ3v) is 6.77. The van der Waals surface area contributed by atoms with Crippen molar-refractivity contribution in [2.75, 3.05) is 7.11 Å². The van der Waals surface area contributed by atoms with Gasteiger partial charge in [-0.2, -0.15) is 0 Å². The lowest BCUT2D eigenvalue weighted by atomic mass is 10.1. The van der Waals surface area contributed by atoms with Crippen LogP contribution < -0.4 is 9.47 Å². The van der Waals surface area contributed by atoms with Crippen LogP contribution in [0.4, 0.5) is 8.78 Å². The zero-order valence-corrected chi connectivity index (χ0v) is 22.6. The van der Waals surface area contributed by atoms with Crippen molar-refractivity contribution in [1.29, 1.82) is 0 Å². The molecule has 5 rings (SSSR count). The zero-order chi connectivity index (χ0) is 27.9. The summed E-state index contributed by atoms with van der Waals surface area (Å²) in [6, 6.07) is 15.3. The van der Waals surface area contributed by atoms with Crippen LogP contribution in [0, 0.1) is 11.6 Å². The maximum Gasteiger partial charge on any atom is 0.199 e. The number of benzene rings is 3. The van der Waals surface area contributed by atoms with Crippen molar-refractivity contribution in [3.05, 3.63) is 88.8 Å². The molecule has 0 saturated heterocycles. The Labute approximate surface area is 229 Å². The van der Waals surface area contributed by atoms with Gasteiger partial charge < -0.3 is 23.7 Å². The summed E-state index contributed by atoms with van der Waals surface area (Å²) in [5, 5.41) is 21.0. The summed E-state index contributed by atoms with van der Waals surface area (Å²) in [6.07, 6.45) is 1.88. The number of fused-ring (bicyclic) bond motifs is 1. The van der Waals surface area contributed by atoms with E-state index in [9.17, 15) is 13.9 Å². The van der Waals surface area contributed by atoms with Crippen molar-refractivity contribution in [3.63, 3.8) is 0 Å². The van der Waals surface area contributed by atoms with E-state index in [1.807, 2.05) is 60.2 Å². The highest BCUT2D eigenvalue weighted by Gasteiger charge is 2.33. The second-order valence-corrected chi connectivity index (χ2v) is 10.1. The minimum atomic E-state index is -1.22. The van der Waals surface area contributed by atoms with Gasteiger partial charge in [-0.15, -0.1) is 10.2 Å². The van der Waals surface area contributed by atoms with E-state index in [1.54, 1.807) is 25.5 Å². The van der Waals surface area contributed by atoms with Crippen LogP contribution in [0.3, 0.4) is 0 Å². The molecule has 39 heavy (non-hydrogen) atoms. The smallest absolute Gasteiger partial charge is 0.199 e. The number of hydrogen-bond donors (Lipinski definition) is 1. The Morgan fingerprint density at radius 1 is 1.00 bits per heavy atom. The van der Waals surface area contributed by atoms with Crippen molar-refractivity contribution in [2.45, 2.75) is 39.5 Å². The summed E-state index contributed by atoms with van der Waals surface area (Å²) < 4.78 is 43.5.